The Morgan fingerprint density at radius 2 is 1.79 bits per heavy atom. The number of carbonyl (C=O) groups is 1. The minimum absolute atomic E-state index is 0.0602. The summed E-state index contributed by atoms with van der Waals surface area (Å²) in [5, 5.41) is 0. The van der Waals surface area contributed by atoms with Crippen molar-refractivity contribution in [3.8, 4) is 5.75 Å². The molecule has 1 amide bonds. The van der Waals surface area contributed by atoms with Gasteiger partial charge in [0.2, 0.25) is 0 Å². The summed E-state index contributed by atoms with van der Waals surface area (Å²) in [6.07, 6.45) is 0. The number of benzene rings is 2. The van der Waals surface area contributed by atoms with Crippen LogP contribution in [-0.4, -0.2) is 17.1 Å². The second-order valence-corrected chi connectivity index (χ2v) is 6.96. The third-order valence-electron chi connectivity index (χ3n) is 4.03. The van der Waals surface area contributed by atoms with Crippen LogP contribution in [0.1, 0.15) is 16.7 Å². The number of aromatic nitrogens is 1. The molecule has 0 N–H and O–H groups in total. The van der Waals surface area contributed by atoms with Crippen LogP contribution in [0.5, 0.6) is 5.75 Å². The zero-order valence-electron chi connectivity index (χ0n) is 14.3. The van der Waals surface area contributed by atoms with Gasteiger partial charge in [0, 0.05) is 7.05 Å². The van der Waals surface area contributed by atoms with Gasteiger partial charge < -0.3 is 9.30 Å². The lowest BCUT2D eigenvalue weighted by Crippen LogP contribution is -2.17. The van der Waals surface area contributed by atoms with Crippen molar-refractivity contribution >= 4 is 27.5 Å². The third kappa shape index (κ3) is 3.41. The summed E-state index contributed by atoms with van der Waals surface area (Å²) in [4.78, 5) is 17.0. The summed E-state index contributed by atoms with van der Waals surface area (Å²) in [6, 6.07) is 11.9. The zero-order chi connectivity index (χ0) is 17.3. The van der Waals surface area contributed by atoms with Gasteiger partial charge in [0.25, 0.3) is 5.91 Å². The fourth-order valence-corrected chi connectivity index (χ4v) is 3.52. The highest BCUT2D eigenvalue weighted by molar-refractivity contribution is 7.16. The first-order chi connectivity index (χ1) is 11.4. The minimum atomic E-state index is -0.286. The van der Waals surface area contributed by atoms with Crippen LogP contribution < -0.4 is 9.54 Å². The fraction of sp³-hybridized carbons (Fsp3) is 0.263. The monoisotopic (exact) mass is 340 g/mol. The minimum Gasteiger partial charge on any atom is -0.484 e. The zero-order valence-corrected chi connectivity index (χ0v) is 15.1. The summed E-state index contributed by atoms with van der Waals surface area (Å²) in [5.41, 5.74) is 4.72. The van der Waals surface area contributed by atoms with Crippen LogP contribution in [0.3, 0.4) is 0 Å². The molecule has 0 aliphatic rings. The molecule has 0 bridgehead atoms. The Kier molecular flexibility index (Phi) is 4.53. The Bertz CT molecular complexity index is 965. The van der Waals surface area contributed by atoms with Crippen LogP contribution in [0, 0.1) is 20.8 Å². The highest BCUT2D eigenvalue weighted by Gasteiger charge is 2.07. The van der Waals surface area contributed by atoms with E-state index in [4.69, 9.17) is 4.74 Å². The molecule has 0 aliphatic carbocycles. The highest BCUT2D eigenvalue weighted by Crippen LogP contribution is 2.21. The van der Waals surface area contributed by atoms with E-state index < -0.39 is 0 Å². The lowest BCUT2D eigenvalue weighted by molar-refractivity contribution is -0.120. The molecule has 1 aromatic heterocycles. The van der Waals surface area contributed by atoms with Gasteiger partial charge in [-0.2, -0.15) is 4.99 Å². The number of nitrogens with zero attached hydrogens (tertiary/aromatic N) is 2. The van der Waals surface area contributed by atoms with E-state index in [1.165, 1.54) is 22.5 Å². The van der Waals surface area contributed by atoms with Crippen LogP contribution in [0.15, 0.2) is 41.4 Å². The van der Waals surface area contributed by atoms with Gasteiger partial charge in [-0.3, -0.25) is 4.79 Å². The average Bonchev–Trinajstić information content (AvgIpc) is 2.83. The number of ether oxygens (including phenoxy) is 1. The number of fused-ring (bicyclic) bond motifs is 1. The topological polar surface area (TPSA) is 43.6 Å². The standard InChI is InChI=1S/C19H20N2O2S/c1-12-5-7-15(8-6-12)23-11-18(22)20-19-21(4)16-9-13(2)14(3)10-17(16)24-19/h5-10H,11H2,1-4H3. The predicted molar refractivity (Wildman–Crippen MR) is 97.5 cm³/mol. The smallest absolute Gasteiger partial charge is 0.286 e. The molecular weight excluding hydrogens is 320 g/mol. The predicted octanol–water partition coefficient (Wildman–Crippen LogP) is 3.67. The molecule has 0 saturated heterocycles. The molecule has 0 unspecified atom stereocenters. The molecule has 2 aromatic carbocycles. The number of carbonyl (C=O) groups excluding carboxylic acids is 1. The van der Waals surface area contributed by atoms with Crippen LogP contribution in [0.25, 0.3) is 10.2 Å². The van der Waals surface area contributed by atoms with Crippen LogP contribution in [-0.2, 0) is 11.8 Å². The van der Waals surface area contributed by atoms with Gasteiger partial charge in [0.05, 0.1) is 10.2 Å². The number of amides is 1. The number of rotatable bonds is 3. The molecule has 0 saturated carbocycles. The summed E-state index contributed by atoms with van der Waals surface area (Å²) in [5.74, 6) is 0.391. The van der Waals surface area contributed by atoms with E-state index in [9.17, 15) is 4.79 Å². The molecule has 0 fully saturated rings. The van der Waals surface area contributed by atoms with Crippen molar-refractivity contribution in [3.63, 3.8) is 0 Å². The molecule has 5 heteroatoms. The van der Waals surface area contributed by atoms with Gasteiger partial charge in [0.15, 0.2) is 11.4 Å². The first-order valence-corrected chi connectivity index (χ1v) is 8.59. The van der Waals surface area contributed by atoms with Crippen molar-refractivity contribution in [2.75, 3.05) is 6.61 Å². The summed E-state index contributed by atoms with van der Waals surface area (Å²) in [7, 11) is 1.93. The van der Waals surface area contributed by atoms with E-state index in [0.717, 1.165) is 15.8 Å². The molecule has 24 heavy (non-hydrogen) atoms. The molecule has 4 nitrogen and oxygen atoms in total. The Morgan fingerprint density at radius 3 is 2.50 bits per heavy atom. The van der Waals surface area contributed by atoms with Crippen LogP contribution >= 0.6 is 11.3 Å². The van der Waals surface area contributed by atoms with E-state index >= 15 is 0 Å². The second-order valence-electron chi connectivity index (χ2n) is 5.96. The number of hydrogen-bond acceptors (Lipinski definition) is 3. The summed E-state index contributed by atoms with van der Waals surface area (Å²) >= 11 is 1.52. The maximum atomic E-state index is 12.1. The van der Waals surface area contributed by atoms with Gasteiger partial charge in [-0.15, -0.1) is 0 Å². The Labute approximate surface area is 145 Å². The molecule has 3 rings (SSSR count). The maximum Gasteiger partial charge on any atom is 0.286 e. The van der Waals surface area contributed by atoms with Gasteiger partial charge in [-0.25, -0.2) is 0 Å². The summed E-state index contributed by atoms with van der Waals surface area (Å²) in [6.45, 7) is 6.13. The molecule has 124 valence electrons. The molecule has 0 radical (unpaired) electrons. The molecule has 3 aromatic rings. The van der Waals surface area contributed by atoms with E-state index in [-0.39, 0.29) is 12.5 Å². The van der Waals surface area contributed by atoms with Crippen molar-refractivity contribution in [1.82, 2.24) is 4.57 Å². The molecule has 0 spiro atoms. The van der Waals surface area contributed by atoms with Crippen LogP contribution in [0.4, 0.5) is 0 Å². The first kappa shape index (κ1) is 16.5. The van der Waals surface area contributed by atoms with Gasteiger partial charge in [0.1, 0.15) is 5.75 Å². The summed E-state index contributed by atoms with van der Waals surface area (Å²) < 4.78 is 8.58. The van der Waals surface area contributed by atoms with Crippen molar-refractivity contribution in [3.05, 3.63) is 57.9 Å². The van der Waals surface area contributed by atoms with E-state index in [2.05, 4.69) is 31.0 Å². The molecular formula is C19H20N2O2S. The molecule has 0 atom stereocenters. The normalized spacial score (nSPS) is 11.9. The number of aryl methyl sites for hydroxylation is 4. The third-order valence-corrected chi connectivity index (χ3v) is 5.12. The van der Waals surface area contributed by atoms with E-state index in [0.29, 0.717) is 10.6 Å². The fourth-order valence-electron chi connectivity index (χ4n) is 2.40. The van der Waals surface area contributed by atoms with Crippen molar-refractivity contribution in [2.24, 2.45) is 12.0 Å². The van der Waals surface area contributed by atoms with Crippen LogP contribution in [0.2, 0.25) is 0 Å². The van der Waals surface area contributed by atoms with E-state index in [1.54, 1.807) is 0 Å². The number of thiazole rings is 1. The Hall–Kier alpha value is -2.40. The highest BCUT2D eigenvalue weighted by atomic mass is 32.1. The van der Waals surface area contributed by atoms with Crippen molar-refractivity contribution in [2.45, 2.75) is 20.8 Å². The van der Waals surface area contributed by atoms with Crippen molar-refractivity contribution < 1.29 is 9.53 Å². The quantitative estimate of drug-likeness (QED) is 0.730. The second kappa shape index (κ2) is 6.61. The Balaban J connectivity index is 1.82. The lowest BCUT2D eigenvalue weighted by Gasteiger charge is -2.03. The molecule has 1 heterocycles. The first-order valence-electron chi connectivity index (χ1n) is 7.78. The van der Waals surface area contributed by atoms with Gasteiger partial charge >= 0.3 is 0 Å². The van der Waals surface area contributed by atoms with Crippen molar-refractivity contribution in [1.29, 1.82) is 0 Å². The van der Waals surface area contributed by atoms with E-state index in [1.807, 2.05) is 42.8 Å². The maximum absolute atomic E-state index is 12.1. The van der Waals surface area contributed by atoms with Gasteiger partial charge in [-0.1, -0.05) is 29.0 Å². The largest absolute Gasteiger partial charge is 0.484 e. The Morgan fingerprint density at radius 1 is 1.12 bits per heavy atom. The molecule has 0 aliphatic heterocycles. The SMILES string of the molecule is Cc1ccc(OCC(=O)N=c2sc3cc(C)c(C)cc3n2C)cc1. The lowest BCUT2D eigenvalue weighted by atomic mass is 10.1. The van der Waals surface area contributed by atoms with Gasteiger partial charge in [-0.05, 0) is 56.2 Å². The average molecular weight is 340 g/mol. The number of hydrogen-bond donors (Lipinski definition) is 0.